The van der Waals surface area contributed by atoms with Gasteiger partial charge in [0.1, 0.15) is 6.33 Å². The Labute approximate surface area is 122 Å². The lowest BCUT2D eigenvalue weighted by Gasteiger charge is -2.05. The van der Waals surface area contributed by atoms with Crippen LogP contribution in [0.25, 0.3) is 22.8 Å². The maximum Gasteiger partial charge on any atom is 0.115 e. The van der Waals surface area contributed by atoms with E-state index in [4.69, 9.17) is 0 Å². The predicted octanol–water partition coefficient (Wildman–Crippen LogP) is 3.35. The number of hydrogen-bond acceptors (Lipinski definition) is 3. The second kappa shape index (κ2) is 4.98. The highest BCUT2D eigenvalue weighted by molar-refractivity contribution is 5.86. The van der Waals surface area contributed by atoms with Gasteiger partial charge in [0, 0.05) is 24.2 Å². The van der Waals surface area contributed by atoms with Crippen molar-refractivity contribution in [3.8, 4) is 11.1 Å². The van der Waals surface area contributed by atoms with Crippen molar-refractivity contribution in [1.29, 1.82) is 0 Å². The fourth-order valence-electron chi connectivity index (χ4n) is 2.80. The van der Waals surface area contributed by atoms with Crippen LogP contribution >= 0.6 is 0 Å². The van der Waals surface area contributed by atoms with E-state index >= 15 is 0 Å². The predicted molar refractivity (Wildman–Crippen MR) is 82.2 cm³/mol. The number of aromatic nitrogens is 4. The molecule has 21 heavy (non-hydrogen) atoms. The Kier molecular flexibility index (Phi) is 2.85. The molecule has 1 aromatic carbocycles. The molecule has 0 saturated carbocycles. The highest BCUT2D eigenvalue weighted by Crippen LogP contribution is 2.36. The molecule has 102 valence electrons. The lowest BCUT2D eigenvalue weighted by molar-refractivity contribution is 1.08. The van der Waals surface area contributed by atoms with E-state index in [1.165, 1.54) is 16.7 Å². The number of hydrogen-bond donors (Lipinski definition) is 1. The smallest absolute Gasteiger partial charge is 0.115 e. The third kappa shape index (κ3) is 2.25. The second-order valence-electron chi connectivity index (χ2n) is 5.16. The van der Waals surface area contributed by atoms with Crippen molar-refractivity contribution in [3.05, 3.63) is 66.3 Å². The summed E-state index contributed by atoms with van der Waals surface area (Å²) in [5.41, 5.74) is 7.24. The Balaban J connectivity index is 1.78. The van der Waals surface area contributed by atoms with Gasteiger partial charge in [-0.2, -0.15) is 0 Å². The average Bonchev–Trinajstić information content (AvgIpc) is 3.19. The molecule has 2 heterocycles. The van der Waals surface area contributed by atoms with Crippen molar-refractivity contribution in [3.63, 3.8) is 0 Å². The molecule has 2 aromatic heterocycles. The number of fused-ring (bicyclic) bond motifs is 1. The number of aryl methyl sites for hydroxylation is 1. The zero-order valence-electron chi connectivity index (χ0n) is 11.5. The minimum Gasteiger partial charge on any atom is -0.351 e. The molecule has 0 fully saturated rings. The molecule has 0 radical (unpaired) electrons. The summed E-state index contributed by atoms with van der Waals surface area (Å²) in [6, 6.07) is 6.59. The minimum atomic E-state index is 0.978. The fourth-order valence-corrected chi connectivity index (χ4v) is 2.80. The van der Waals surface area contributed by atoms with E-state index in [2.05, 4.69) is 44.2 Å². The van der Waals surface area contributed by atoms with Crippen LogP contribution in [0.15, 0.2) is 49.4 Å². The zero-order chi connectivity index (χ0) is 14.1. The summed E-state index contributed by atoms with van der Waals surface area (Å²) in [5, 5.41) is 0. The van der Waals surface area contributed by atoms with Crippen molar-refractivity contribution >= 4 is 11.6 Å². The van der Waals surface area contributed by atoms with Crippen LogP contribution in [-0.2, 0) is 6.42 Å². The van der Waals surface area contributed by atoms with Gasteiger partial charge in [-0.3, -0.25) is 0 Å². The van der Waals surface area contributed by atoms with Gasteiger partial charge in [-0.1, -0.05) is 12.1 Å². The number of imidazole rings is 1. The van der Waals surface area contributed by atoms with Gasteiger partial charge < -0.3 is 4.98 Å². The fraction of sp³-hybridized carbons (Fsp3) is 0.118. The third-order valence-electron chi connectivity index (χ3n) is 3.85. The molecule has 0 unspecified atom stereocenters. The zero-order valence-corrected chi connectivity index (χ0v) is 11.5. The Morgan fingerprint density at radius 3 is 2.76 bits per heavy atom. The molecule has 4 nitrogen and oxygen atoms in total. The van der Waals surface area contributed by atoms with Crippen LogP contribution in [0.4, 0.5) is 0 Å². The van der Waals surface area contributed by atoms with Crippen molar-refractivity contribution in [2.45, 2.75) is 12.8 Å². The van der Waals surface area contributed by atoms with E-state index in [0.717, 1.165) is 29.7 Å². The van der Waals surface area contributed by atoms with Crippen LogP contribution in [0, 0.1) is 0 Å². The molecule has 0 saturated heterocycles. The molecule has 1 N–H and O–H groups in total. The topological polar surface area (TPSA) is 54.5 Å². The summed E-state index contributed by atoms with van der Waals surface area (Å²) in [6.45, 7) is 0. The quantitative estimate of drug-likeness (QED) is 0.779. The molecule has 1 aliphatic rings. The van der Waals surface area contributed by atoms with Crippen molar-refractivity contribution in [1.82, 2.24) is 19.9 Å². The number of nitrogens with zero attached hydrogens (tertiary/aromatic N) is 3. The molecule has 4 rings (SSSR count). The molecule has 4 heteroatoms. The van der Waals surface area contributed by atoms with Gasteiger partial charge in [0.15, 0.2) is 0 Å². The van der Waals surface area contributed by atoms with Crippen LogP contribution in [-0.4, -0.2) is 19.9 Å². The number of H-pyrrole nitrogens is 1. The Bertz CT molecular complexity index is 789. The van der Waals surface area contributed by atoms with Crippen LogP contribution in [0.1, 0.15) is 23.2 Å². The van der Waals surface area contributed by atoms with E-state index in [-0.39, 0.29) is 0 Å². The third-order valence-corrected chi connectivity index (χ3v) is 3.85. The molecule has 0 bridgehead atoms. The largest absolute Gasteiger partial charge is 0.351 e. The summed E-state index contributed by atoms with van der Waals surface area (Å²) >= 11 is 0. The Morgan fingerprint density at radius 1 is 1.05 bits per heavy atom. The first-order valence-electron chi connectivity index (χ1n) is 6.98. The molecule has 1 aliphatic carbocycles. The van der Waals surface area contributed by atoms with E-state index < -0.39 is 0 Å². The Morgan fingerprint density at radius 2 is 1.95 bits per heavy atom. The summed E-state index contributed by atoms with van der Waals surface area (Å²) in [6.07, 6.45) is 13.2. The first-order chi connectivity index (χ1) is 10.4. The first-order valence-corrected chi connectivity index (χ1v) is 6.98. The molecular weight excluding hydrogens is 260 g/mol. The highest BCUT2D eigenvalue weighted by Gasteiger charge is 2.17. The van der Waals surface area contributed by atoms with Gasteiger partial charge in [-0.05, 0) is 47.2 Å². The molecule has 0 atom stereocenters. The number of benzene rings is 1. The van der Waals surface area contributed by atoms with Gasteiger partial charge in [-0.15, -0.1) is 0 Å². The van der Waals surface area contributed by atoms with Crippen molar-refractivity contribution < 1.29 is 0 Å². The van der Waals surface area contributed by atoms with Crippen LogP contribution in [0.3, 0.4) is 0 Å². The molecular formula is C17H14N4. The summed E-state index contributed by atoms with van der Waals surface area (Å²) in [7, 11) is 0. The minimum absolute atomic E-state index is 0.978. The Hall–Kier alpha value is -2.75. The maximum atomic E-state index is 4.28. The summed E-state index contributed by atoms with van der Waals surface area (Å²) in [4.78, 5) is 15.5. The lowest BCUT2D eigenvalue weighted by atomic mass is 10.0. The van der Waals surface area contributed by atoms with Crippen LogP contribution in [0.2, 0.25) is 0 Å². The van der Waals surface area contributed by atoms with Gasteiger partial charge in [-0.25, -0.2) is 15.0 Å². The van der Waals surface area contributed by atoms with Crippen molar-refractivity contribution in [2.75, 3.05) is 0 Å². The first kappa shape index (κ1) is 12.0. The molecule has 0 spiro atoms. The number of allylic oxidation sites excluding steroid dienone is 1. The maximum absolute atomic E-state index is 4.28. The van der Waals surface area contributed by atoms with Crippen LogP contribution in [0.5, 0.6) is 0 Å². The van der Waals surface area contributed by atoms with Gasteiger partial charge in [0.05, 0.1) is 12.0 Å². The van der Waals surface area contributed by atoms with Crippen molar-refractivity contribution in [2.24, 2.45) is 0 Å². The SMILES string of the molecule is C(=C1/CCc2ccc(-c3cncnc3)cc21)/c1c[nH]cn1. The second-order valence-corrected chi connectivity index (χ2v) is 5.16. The summed E-state index contributed by atoms with van der Waals surface area (Å²) < 4.78 is 0. The van der Waals surface area contributed by atoms with E-state index in [9.17, 15) is 0 Å². The van der Waals surface area contributed by atoms with E-state index in [1.807, 2.05) is 18.6 Å². The highest BCUT2D eigenvalue weighted by atomic mass is 14.8. The lowest BCUT2D eigenvalue weighted by Crippen LogP contribution is -1.86. The molecule has 0 aliphatic heterocycles. The van der Waals surface area contributed by atoms with Crippen LogP contribution < -0.4 is 0 Å². The molecule has 3 aromatic rings. The number of aromatic amines is 1. The number of rotatable bonds is 2. The van der Waals surface area contributed by atoms with Gasteiger partial charge in [0.25, 0.3) is 0 Å². The average molecular weight is 274 g/mol. The number of nitrogens with one attached hydrogen (secondary N) is 1. The van der Waals surface area contributed by atoms with Gasteiger partial charge in [0.2, 0.25) is 0 Å². The standard InChI is InChI=1S/C17H14N4/c1-3-13(15-7-18-10-19-8-15)6-17-12(1)2-4-14(17)5-16-9-20-11-21-16/h1,3,5-11H,2,4H2,(H,20,21)/b14-5+. The van der Waals surface area contributed by atoms with E-state index in [0.29, 0.717) is 0 Å². The molecule has 0 amide bonds. The summed E-state index contributed by atoms with van der Waals surface area (Å²) in [5.74, 6) is 0. The monoisotopic (exact) mass is 274 g/mol. The van der Waals surface area contributed by atoms with Gasteiger partial charge >= 0.3 is 0 Å². The van der Waals surface area contributed by atoms with E-state index in [1.54, 1.807) is 12.7 Å². The normalized spacial score (nSPS) is 15.3.